The minimum Gasteiger partial charge on any atom is -0.456 e. The molecular formula is C21H14N4O5S. The van der Waals surface area contributed by atoms with Crippen molar-refractivity contribution in [3.05, 3.63) is 92.8 Å². The SMILES string of the molecule is O=C(OCc1ccc([N+](=O)[O-])cc1)C1=CS[C@H]2C(=Cc3cc4ccccn4n3)C(=O)N12. The Morgan fingerprint density at radius 1 is 1.26 bits per heavy atom. The second-order valence-corrected chi connectivity index (χ2v) is 7.86. The van der Waals surface area contributed by atoms with E-state index in [4.69, 9.17) is 4.74 Å². The Labute approximate surface area is 179 Å². The Morgan fingerprint density at radius 3 is 2.81 bits per heavy atom. The van der Waals surface area contributed by atoms with E-state index in [0.717, 1.165) is 5.52 Å². The molecule has 2 aromatic heterocycles. The number of nitro groups is 1. The summed E-state index contributed by atoms with van der Waals surface area (Å²) in [7, 11) is 0. The molecule has 9 nitrogen and oxygen atoms in total. The summed E-state index contributed by atoms with van der Waals surface area (Å²) in [6, 6.07) is 13.3. The van der Waals surface area contributed by atoms with Crippen LogP contribution in [0.5, 0.6) is 0 Å². The number of carbonyl (C=O) groups excluding carboxylic acids is 2. The van der Waals surface area contributed by atoms with Gasteiger partial charge in [-0.1, -0.05) is 6.07 Å². The third-order valence-electron chi connectivity index (χ3n) is 4.95. The zero-order chi connectivity index (χ0) is 21.5. The number of thioether (sulfide) groups is 1. The normalized spacial score (nSPS) is 18.6. The standard InChI is InChI=1S/C21H14N4O5S/c26-19-17(10-14-9-16-3-1-2-8-23(16)22-14)20-24(19)18(12-31-20)21(27)30-11-13-4-6-15(7-5-13)25(28)29/h1-10,12,20H,11H2/t20-/m0/s1. The number of hydrogen-bond acceptors (Lipinski definition) is 7. The molecule has 0 aliphatic carbocycles. The van der Waals surface area contributed by atoms with E-state index < -0.39 is 10.9 Å². The largest absolute Gasteiger partial charge is 0.456 e. The lowest BCUT2D eigenvalue weighted by Gasteiger charge is -2.37. The van der Waals surface area contributed by atoms with Gasteiger partial charge in [0, 0.05) is 23.7 Å². The van der Waals surface area contributed by atoms with Gasteiger partial charge in [-0.2, -0.15) is 5.10 Å². The molecule has 1 amide bonds. The molecule has 0 unspecified atom stereocenters. The first kappa shape index (κ1) is 19.1. The highest BCUT2D eigenvalue weighted by molar-refractivity contribution is 8.03. The van der Waals surface area contributed by atoms with Crippen molar-refractivity contribution in [2.45, 2.75) is 12.0 Å². The fraction of sp³-hybridized carbons (Fsp3) is 0.0952. The van der Waals surface area contributed by atoms with E-state index >= 15 is 0 Å². The van der Waals surface area contributed by atoms with Gasteiger partial charge in [-0.15, -0.1) is 11.8 Å². The number of benzene rings is 1. The summed E-state index contributed by atoms with van der Waals surface area (Å²) in [5.41, 5.74) is 2.93. The van der Waals surface area contributed by atoms with Crippen LogP contribution in [0.1, 0.15) is 11.3 Å². The van der Waals surface area contributed by atoms with E-state index in [2.05, 4.69) is 5.10 Å². The van der Waals surface area contributed by atoms with E-state index in [-0.39, 0.29) is 29.3 Å². The summed E-state index contributed by atoms with van der Waals surface area (Å²) in [6.07, 6.45) is 3.57. The zero-order valence-electron chi connectivity index (χ0n) is 15.9. The van der Waals surface area contributed by atoms with E-state index in [0.29, 0.717) is 16.8 Å². The van der Waals surface area contributed by atoms with Crippen LogP contribution in [0.4, 0.5) is 5.69 Å². The number of carbonyl (C=O) groups is 2. The van der Waals surface area contributed by atoms with E-state index in [1.165, 1.54) is 40.9 Å². The Kier molecular flexibility index (Phi) is 4.55. The number of esters is 1. The van der Waals surface area contributed by atoms with Crippen LogP contribution in [0, 0.1) is 10.1 Å². The van der Waals surface area contributed by atoms with Gasteiger partial charge in [-0.05, 0) is 42.0 Å². The first-order chi connectivity index (χ1) is 15.0. The minimum atomic E-state index is -0.617. The molecule has 0 N–H and O–H groups in total. The quantitative estimate of drug-likeness (QED) is 0.200. The van der Waals surface area contributed by atoms with Gasteiger partial charge in [0.2, 0.25) is 0 Å². The molecule has 10 heteroatoms. The van der Waals surface area contributed by atoms with Crippen LogP contribution >= 0.6 is 11.8 Å². The minimum absolute atomic E-state index is 0.0380. The highest BCUT2D eigenvalue weighted by atomic mass is 32.2. The van der Waals surface area contributed by atoms with Gasteiger partial charge in [0.1, 0.15) is 17.7 Å². The summed E-state index contributed by atoms with van der Waals surface area (Å²) in [5.74, 6) is -0.876. The average molecular weight is 434 g/mol. The molecule has 31 heavy (non-hydrogen) atoms. The number of nitrogens with zero attached hydrogens (tertiary/aromatic N) is 4. The molecule has 1 aromatic carbocycles. The van der Waals surface area contributed by atoms with Crippen LogP contribution < -0.4 is 0 Å². The number of amides is 1. The fourth-order valence-corrected chi connectivity index (χ4v) is 4.50. The molecule has 0 spiro atoms. The monoisotopic (exact) mass is 434 g/mol. The van der Waals surface area contributed by atoms with Gasteiger partial charge in [-0.25, -0.2) is 9.31 Å². The number of non-ortho nitro benzene ring substituents is 1. The van der Waals surface area contributed by atoms with Crippen LogP contribution in [0.15, 0.2) is 71.4 Å². The number of rotatable bonds is 5. The lowest BCUT2D eigenvalue weighted by molar-refractivity contribution is -0.384. The topological polar surface area (TPSA) is 107 Å². The first-order valence-electron chi connectivity index (χ1n) is 9.27. The molecule has 154 valence electrons. The molecule has 0 radical (unpaired) electrons. The molecule has 5 rings (SSSR count). The number of nitro benzene ring substituents is 1. The molecular weight excluding hydrogens is 420 g/mol. The molecule has 3 aromatic rings. The third-order valence-corrected chi connectivity index (χ3v) is 6.03. The predicted molar refractivity (Wildman–Crippen MR) is 112 cm³/mol. The van der Waals surface area contributed by atoms with Crippen LogP contribution in [0.2, 0.25) is 0 Å². The van der Waals surface area contributed by atoms with Crippen LogP contribution in [-0.4, -0.2) is 36.7 Å². The summed E-state index contributed by atoms with van der Waals surface area (Å²) in [4.78, 5) is 36.7. The second-order valence-electron chi connectivity index (χ2n) is 6.91. The Bertz CT molecular complexity index is 1260. The molecule has 4 heterocycles. The lowest BCUT2D eigenvalue weighted by Crippen LogP contribution is -2.51. The van der Waals surface area contributed by atoms with Crippen molar-refractivity contribution >= 4 is 40.9 Å². The Hall–Kier alpha value is -3.92. The van der Waals surface area contributed by atoms with Crippen molar-refractivity contribution in [3.63, 3.8) is 0 Å². The van der Waals surface area contributed by atoms with Crippen molar-refractivity contribution in [3.8, 4) is 0 Å². The molecule has 0 bridgehead atoms. The Balaban J connectivity index is 1.24. The third kappa shape index (κ3) is 3.36. The summed E-state index contributed by atoms with van der Waals surface area (Å²) in [5, 5.41) is 16.5. The highest BCUT2D eigenvalue weighted by Crippen LogP contribution is 2.45. The van der Waals surface area contributed by atoms with Crippen molar-refractivity contribution in [1.29, 1.82) is 0 Å². The smallest absolute Gasteiger partial charge is 0.355 e. The number of hydrogen-bond donors (Lipinski definition) is 0. The second kappa shape index (κ2) is 7.40. The maximum atomic E-state index is 12.7. The van der Waals surface area contributed by atoms with Gasteiger partial charge in [0.05, 0.1) is 21.7 Å². The van der Waals surface area contributed by atoms with Gasteiger partial charge >= 0.3 is 5.97 Å². The van der Waals surface area contributed by atoms with Crippen molar-refractivity contribution in [2.24, 2.45) is 0 Å². The molecule has 2 aliphatic rings. The maximum absolute atomic E-state index is 12.7. The average Bonchev–Trinajstić information content (AvgIpc) is 3.37. The van der Waals surface area contributed by atoms with Crippen molar-refractivity contribution in [2.75, 3.05) is 0 Å². The maximum Gasteiger partial charge on any atom is 0.355 e. The van der Waals surface area contributed by atoms with Gasteiger partial charge in [0.15, 0.2) is 0 Å². The summed E-state index contributed by atoms with van der Waals surface area (Å²) < 4.78 is 7.02. The van der Waals surface area contributed by atoms with Gasteiger partial charge in [0.25, 0.3) is 11.6 Å². The number of fused-ring (bicyclic) bond motifs is 2. The molecule has 1 saturated heterocycles. The molecule has 0 saturated carbocycles. The summed E-state index contributed by atoms with van der Waals surface area (Å²) >= 11 is 1.36. The van der Waals surface area contributed by atoms with Gasteiger partial charge in [-0.3, -0.25) is 19.8 Å². The number of aromatic nitrogens is 2. The zero-order valence-corrected chi connectivity index (χ0v) is 16.7. The summed E-state index contributed by atoms with van der Waals surface area (Å²) in [6.45, 7) is -0.0462. The number of ether oxygens (including phenoxy) is 1. The molecule has 1 atom stereocenters. The Morgan fingerprint density at radius 2 is 2.06 bits per heavy atom. The molecule has 1 fully saturated rings. The fourth-order valence-electron chi connectivity index (χ4n) is 3.38. The van der Waals surface area contributed by atoms with E-state index in [1.807, 2.05) is 30.5 Å². The van der Waals surface area contributed by atoms with Gasteiger partial charge < -0.3 is 4.74 Å². The van der Waals surface area contributed by atoms with E-state index in [9.17, 15) is 19.7 Å². The highest BCUT2D eigenvalue weighted by Gasteiger charge is 2.49. The lowest BCUT2D eigenvalue weighted by atomic mass is 10.0. The van der Waals surface area contributed by atoms with Crippen molar-refractivity contribution < 1.29 is 19.2 Å². The predicted octanol–water partition coefficient (Wildman–Crippen LogP) is 3.13. The van der Waals surface area contributed by atoms with E-state index in [1.54, 1.807) is 16.0 Å². The van der Waals surface area contributed by atoms with Crippen LogP contribution in [0.25, 0.3) is 11.6 Å². The van der Waals surface area contributed by atoms with Crippen molar-refractivity contribution in [1.82, 2.24) is 14.5 Å². The first-order valence-corrected chi connectivity index (χ1v) is 10.2. The number of β-lactam (4-membered cyclic amide) rings is 1. The number of pyridine rings is 1. The van der Waals surface area contributed by atoms with Crippen LogP contribution in [0.3, 0.4) is 0 Å². The van der Waals surface area contributed by atoms with Crippen LogP contribution in [-0.2, 0) is 20.9 Å². The molecule has 2 aliphatic heterocycles.